The summed E-state index contributed by atoms with van der Waals surface area (Å²) in [5.74, 6) is 0.0217. The monoisotopic (exact) mass is 405 g/mol. The van der Waals surface area contributed by atoms with Crippen molar-refractivity contribution in [1.82, 2.24) is 9.88 Å². The lowest BCUT2D eigenvalue weighted by atomic mass is 9.73. The predicted octanol–water partition coefficient (Wildman–Crippen LogP) is 3.75. The minimum Gasteiger partial charge on any atom is -0.354 e. The molecule has 2 N–H and O–H groups in total. The maximum atomic E-state index is 13.7. The average molecular weight is 405 g/mol. The van der Waals surface area contributed by atoms with Gasteiger partial charge in [0.25, 0.3) is 5.91 Å². The third-order valence-electron chi connectivity index (χ3n) is 7.23. The molecule has 3 heterocycles. The van der Waals surface area contributed by atoms with Gasteiger partial charge in [-0.1, -0.05) is 31.5 Å². The number of carbonyl (C=O) groups excluding carboxylic acids is 3. The Morgan fingerprint density at radius 3 is 2.80 bits per heavy atom. The van der Waals surface area contributed by atoms with E-state index in [4.69, 9.17) is 0 Å². The maximum absolute atomic E-state index is 13.7. The second-order valence-corrected chi connectivity index (χ2v) is 8.78. The molecule has 0 radical (unpaired) electrons. The molecule has 3 aliphatic rings. The predicted molar refractivity (Wildman–Crippen MR) is 114 cm³/mol. The van der Waals surface area contributed by atoms with Crippen LogP contribution in [0.5, 0.6) is 0 Å². The molecule has 6 nitrogen and oxygen atoms in total. The van der Waals surface area contributed by atoms with E-state index in [1.165, 1.54) is 0 Å². The first-order valence-electron chi connectivity index (χ1n) is 11.0. The Bertz CT molecular complexity index is 1070. The summed E-state index contributed by atoms with van der Waals surface area (Å²) < 4.78 is 0. The molecule has 1 spiro atoms. The molecule has 2 amide bonds. The molecule has 0 bridgehead atoms. The molecule has 2 aromatic rings. The Morgan fingerprint density at radius 2 is 2.03 bits per heavy atom. The van der Waals surface area contributed by atoms with E-state index in [1.807, 2.05) is 36.1 Å². The Hall–Kier alpha value is -2.89. The summed E-state index contributed by atoms with van der Waals surface area (Å²) in [5.41, 5.74) is 4.02. The Kier molecular flexibility index (Phi) is 4.34. The summed E-state index contributed by atoms with van der Waals surface area (Å²) in [5, 5.41) is 3.05. The summed E-state index contributed by atoms with van der Waals surface area (Å²) in [4.78, 5) is 44.5. The van der Waals surface area contributed by atoms with E-state index in [-0.39, 0.29) is 23.6 Å². The van der Waals surface area contributed by atoms with E-state index < -0.39 is 5.41 Å². The summed E-state index contributed by atoms with van der Waals surface area (Å²) >= 11 is 0. The van der Waals surface area contributed by atoms with Gasteiger partial charge in [-0.3, -0.25) is 14.4 Å². The number of para-hydroxylation sites is 1. The molecule has 5 rings (SSSR count). The van der Waals surface area contributed by atoms with Crippen LogP contribution in [0.3, 0.4) is 0 Å². The van der Waals surface area contributed by atoms with Crippen LogP contribution in [0, 0.1) is 6.92 Å². The third-order valence-corrected chi connectivity index (χ3v) is 7.23. The SMILES string of the molecule is CCC[C@@H]1N(C(=O)c2[nH]c3c(c2C)C(=O)CCC3)CC[C@]12C(=O)Nc1ccccc12. The molecule has 1 aromatic heterocycles. The summed E-state index contributed by atoms with van der Waals surface area (Å²) in [6.45, 7) is 4.48. The van der Waals surface area contributed by atoms with Gasteiger partial charge in [-0.2, -0.15) is 0 Å². The Balaban J connectivity index is 1.56. The van der Waals surface area contributed by atoms with Gasteiger partial charge in [0, 0.05) is 29.9 Å². The van der Waals surface area contributed by atoms with Crippen LogP contribution in [0.4, 0.5) is 5.69 Å². The molecule has 30 heavy (non-hydrogen) atoms. The van der Waals surface area contributed by atoms with Crippen LogP contribution in [0.25, 0.3) is 0 Å². The largest absolute Gasteiger partial charge is 0.354 e. The van der Waals surface area contributed by atoms with Crippen LogP contribution >= 0.6 is 0 Å². The molecule has 2 aliphatic heterocycles. The van der Waals surface area contributed by atoms with Gasteiger partial charge in [-0.25, -0.2) is 0 Å². The zero-order valence-electron chi connectivity index (χ0n) is 17.5. The van der Waals surface area contributed by atoms with Crippen molar-refractivity contribution in [2.75, 3.05) is 11.9 Å². The van der Waals surface area contributed by atoms with E-state index in [0.717, 1.165) is 48.2 Å². The highest BCUT2D eigenvalue weighted by atomic mass is 16.2. The van der Waals surface area contributed by atoms with Crippen molar-refractivity contribution in [2.24, 2.45) is 0 Å². The van der Waals surface area contributed by atoms with Crippen LogP contribution in [0.1, 0.15) is 76.7 Å². The molecule has 1 fully saturated rings. The van der Waals surface area contributed by atoms with Gasteiger partial charge >= 0.3 is 0 Å². The van der Waals surface area contributed by atoms with Crippen molar-refractivity contribution in [2.45, 2.75) is 63.8 Å². The number of fused-ring (bicyclic) bond motifs is 3. The molecular weight excluding hydrogens is 378 g/mol. The van der Waals surface area contributed by atoms with Crippen LogP contribution in [-0.2, 0) is 16.6 Å². The fourth-order valence-electron chi connectivity index (χ4n) is 5.85. The van der Waals surface area contributed by atoms with Gasteiger partial charge in [0.2, 0.25) is 5.91 Å². The lowest BCUT2D eigenvalue weighted by molar-refractivity contribution is -0.121. The normalized spacial score (nSPS) is 24.9. The van der Waals surface area contributed by atoms with Crippen LogP contribution in [0.2, 0.25) is 0 Å². The van der Waals surface area contributed by atoms with Gasteiger partial charge in [0.15, 0.2) is 5.78 Å². The highest BCUT2D eigenvalue weighted by Crippen LogP contribution is 2.49. The number of Topliss-reactive ketones (excluding diaryl/α,β-unsaturated/α-hetero) is 1. The number of ketones is 1. The van der Waals surface area contributed by atoms with Crippen molar-refractivity contribution in [3.63, 3.8) is 0 Å². The van der Waals surface area contributed by atoms with Gasteiger partial charge in [0.1, 0.15) is 5.69 Å². The number of anilines is 1. The fourth-order valence-corrected chi connectivity index (χ4v) is 5.85. The topological polar surface area (TPSA) is 82.3 Å². The first kappa shape index (κ1) is 19.1. The number of likely N-dealkylation sites (tertiary alicyclic amines) is 1. The summed E-state index contributed by atoms with van der Waals surface area (Å²) in [7, 11) is 0. The fraction of sp³-hybridized carbons (Fsp3) is 0.458. The molecule has 6 heteroatoms. The summed E-state index contributed by atoms with van der Waals surface area (Å²) in [6.07, 6.45) is 4.41. The zero-order chi connectivity index (χ0) is 21.0. The maximum Gasteiger partial charge on any atom is 0.270 e. The Labute approximate surface area is 176 Å². The number of nitrogens with zero attached hydrogens (tertiary/aromatic N) is 1. The number of aromatic amines is 1. The lowest BCUT2D eigenvalue weighted by Crippen LogP contribution is -2.48. The molecular formula is C24H27N3O3. The smallest absolute Gasteiger partial charge is 0.270 e. The van der Waals surface area contributed by atoms with E-state index >= 15 is 0 Å². The quantitative estimate of drug-likeness (QED) is 0.816. The van der Waals surface area contributed by atoms with Gasteiger partial charge < -0.3 is 15.2 Å². The van der Waals surface area contributed by atoms with Crippen molar-refractivity contribution in [3.8, 4) is 0 Å². The number of hydrogen-bond donors (Lipinski definition) is 2. The lowest BCUT2D eigenvalue weighted by Gasteiger charge is -2.34. The minimum absolute atomic E-state index is 0.00451. The molecule has 0 unspecified atom stereocenters. The van der Waals surface area contributed by atoms with Crippen LogP contribution < -0.4 is 5.32 Å². The number of H-pyrrole nitrogens is 1. The number of nitrogens with one attached hydrogen (secondary N) is 2. The molecule has 2 atom stereocenters. The zero-order valence-corrected chi connectivity index (χ0v) is 17.5. The van der Waals surface area contributed by atoms with Crippen LogP contribution in [-0.4, -0.2) is 40.1 Å². The first-order chi connectivity index (χ1) is 14.5. The minimum atomic E-state index is -0.696. The highest BCUT2D eigenvalue weighted by Gasteiger charge is 2.58. The van der Waals surface area contributed by atoms with E-state index in [2.05, 4.69) is 17.2 Å². The van der Waals surface area contributed by atoms with Gasteiger partial charge in [0.05, 0.1) is 11.5 Å². The molecule has 1 aliphatic carbocycles. The van der Waals surface area contributed by atoms with Crippen molar-refractivity contribution in [3.05, 3.63) is 52.3 Å². The van der Waals surface area contributed by atoms with Gasteiger partial charge in [-0.15, -0.1) is 0 Å². The molecule has 156 valence electrons. The molecule has 1 aromatic carbocycles. The average Bonchev–Trinajstić information content (AvgIpc) is 3.37. The van der Waals surface area contributed by atoms with E-state index in [9.17, 15) is 14.4 Å². The molecule has 1 saturated heterocycles. The number of hydrogen-bond acceptors (Lipinski definition) is 3. The number of benzene rings is 1. The second-order valence-electron chi connectivity index (χ2n) is 8.78. The van der Waals surface area contributed by atoms with Crippen LogP contribution in [0.15, 0.2) is 24.3 Å². The summed E-state index contributed by atoms with van der Waals surface area (Å²) in [6, 6.07) is 7.64. The Morgan fingerprint density at radius 1 is 1.23 bits per heavy atom. The van der Waals surface area contributed by atoms with E-state index in [0.29, 0.717) is 30.6 Å². The van der Waals surface area contributed by atoms with Crippen molar-refractivity contribution < 1.29 is 14.4 Å². The number of aromatic nitrogens is 1. The second kappa shape index (κ2) is 6.83. The van der Waals surface area contributed by atoms with Gasteiger partial charge in [-0.05, 0) is 49.8 Å². The number of carbonyl (C=O) groups is 3. The van der Waals surface area contributed by atoms with Crippen molar-refractivity contribution in [1.29, 1.82) is 0 Å². The highest BCUT2D eigenvalue weighted by molar-refractivity contribution is 6.09. The standard InChI is InChI=1S/C24H27N3O3/c1-3-7-19-24(15-8-4-5-9-16(15)26-23(24)30)12-13-27(19)22(29)21-14(2)20-17(25-21)10-6-11-18(20)28/h4-5,8-9,19,25H,3,6-7,10-13H2,1-2H3,(H,26,30)/t19-,24+/m0/s1. The van der Waals surface area contributed by atoms with Crippen molar-refractivity contribution >= 4 is 23.3 Å². The molecule has 0 saturated carbocycles. The number of aryl methyl sites for hydroxylation is 1. The number of rotatable bonds is 3. The van der Waals surface area contributed by atoms with E-state index in [1.54, 1.807) is 0 Å². The third kappa shape index (κ3) is 2.45. The number of amides is 2. The first-order valence-corrected chi connectivity index (χ1v) is 11.0.